The van der Waals surface area contributed by atoms with Crippen molar-refractivity contribution < 1.29 is 4.74 Å². The molecule has 5 rings (SSSR count). The van der Waals surface area contributed by atoms with Crippen LogP contribution in [0.1, 0.15) is 28.9 Å². The highest BCUT2D eigenvalue weighted by Crippen LogP contribution is 2.40. The number of nitrogens with zero attached hydrogens (tertiary/aromatic N) is 4. The molecule has 3 aromatic rings. The Balaban J connectivity index is 1.49. The van der Waals surface area contributed by atoms with E-state index >= 15 is 0 Å². The van der Waals surface area contributed by atoms with E-state index in [2.05, 4.69) is 35.0 Å². The lowest BCUT2D eigenvalue weighted by Gasteiger charge is -2.35. The smallest absolute Gasteiger partial charge is 0.159 e. The Bertz CT molecular complexity index is 977. The molecule has 0 N–H and O–H groups in total. The number of aryl methyl sites for hydroxylation is 1. The highest BCUT2D eigenvalue weighted by molar-refractivity contribution is 5.56. The Labute approximate surface area is 165 Å². The van der Waals surface area contributed by atoms with Crippen LogP contribution in [0.5, 0.6) is 0 Å². The van der Waals surface area contributed by atoms with Gasteiger partial charge < -0.3 is 4.74 Å². The van der Waals surface area contributed by atoms with Gasteiger partial charge in [0, 0.05) is 42.3 Å². The van der Waals surface area contributed by atoms with Crippen molar-refractivity contribution in [1.29, 1.82) is 0 Å². The van der Waals surface area contributed by atoms with Gasteiger partial charge in [0.25, 0.3) is 0 Å². The van der Waals surface area contributed by atoms with Crippen molar-refractivity contribution in [1.82, 2.24) is 19.9 Å². The van der Waals surface area contributed by atoms with Crippen molar-refractivity contribution in [3.8, 4) is 11.4 Å². The fourth-order valence-corrected chi connectivity index (χ4v) is 4.49. The topological polar surface area (TPSA) is 51.1 Å². The molecule has 4 heterocycles. The van der Waals surface area contributed by atoms with Crippen molar-refractivity contribution in [3.63, 3.8) is 0 Å². The average molecular weight is 372 g/mol. The number of fused-ring (bicyclic) bond motifs is 2. The van der Waals surface area contributed by atoms with E-state index in [1.54, 1.807) is 0 Å². The van der Waals surface area contributed by atoms with Crippen LogP contribution in [0.15, 0.2) is 54.9 Å². The number of aromatic nitrogens is 3. The van der Waals surface area contributed by atoms with Crippen LogP contribution in [0, 0.1) is 6.92 Å². The van der Waals surface area contributed by atoms with Gasteiger partial charge in [0.1, 0.15) is 0 Å². The Morgan fingerprint density at radius 2 is 2.00 bits per heavy atom. The van der Waals surface area contributed by atoms with Crippen LogP contribution in [0.25, 0.3) is 11.4 Å². The van der Waals surface area contributed by atoms with Crippen LogP contribution in [0.3, 0.4) is 0 Å². The summed E-state index contributed by atoms with van der Waals surface area (Å²) in [5, 5.41) is 0. The van der Waals surface area contributed by atoms with Gasteiger partial charge in [-0.2, -0.15) is 0 Å². The standard InChI is InChI=1S/C23H24N4O/c1-17-20-14-28-16-23(9-11-27(15-23)13-18-6-5-10-24-12-18)21(20)26-22(25-17)19-7-3-2-4-8-19/h2-8,10,12H,9,11,13-16H2,1H3. The number of pyridine rings is 1. The second-order valence-electron chi connectivity index (χ2n) is 7.92. The average Bonchev–Trinajstić information content (AvgIpc) is 3.13. The molecule has 1 saturated heterocycles. The maximum absolute atomic E-state index is 6.04. The van der Waals surface area contributed by atoms with Crippen LogP contribution in [-0.4, -0.2) is 39.5 Å². The third-order valence-electron chi connectivity index (χ3n) is 5.93. The molecule has 2 aromatic heterocycles. The van der Waals surface area contributed by atoms with E-state index in [1.807, 2.05) is 36.7 Å². The lowest BCUT2D eigenvalue weighted by molar-refractivity contribution is 0.0498. The molecule has 142 valence electrons. The van der Waals surface area contributed by atoms with Gasteiger partial charge in [-0.15, -0.1) is 0 Å². The number of hydrogen-bond acceptors (Lipinski definition) is 5. The van der Waals surface area contributed by atoms with Crippen molar-refractivity contribution in [3.05, 3.63) is 77.4 Å². The molecular weight excluding hydrogens is 348 g/mol. The van der Waals surface area contributed by atoms with Crippen molar-refractivity contribution in [2.75, 3.05) is 19.7 Å². The summed E-state index contributed by atoms with van der Waals surface area (Å²) in [7, 11) is 0. The second-order valence-corrected chi connectivity index (χ2v) is 7.92. The van der Waals surface area contributed by atoms with Gasteiger partial charge >= 0.3 is 0 Å². The zero-order valence-corrected chi connectivity index (χ0v) is 16.1. The monoisotopic (exact) mass is 372 g/mol. The third-order valence-corrected chi connectivity index (χ3v) is 5.93. The molecule has 0 amide bonds. The number of rotatable bonds is 3. The van der Waals surface area contributed by atoms with E-state index in [9.17, 15) is 0 Å². The second kappa shape index (κ2) is 7.08. The molecule has 0 saturated carbocycles. The summed E-state index contributed by atoms with van der Waals surface area (Å²) in [5.41, 5.74) is 5.68. The van der Waals surface area contributed by atoms with E-state index in [4.69, 9.17) is 14.7 Å². The van der Waals surface area contributed by atoms with Gasteiger partial charge in [-0.05, 0) is 31.5 Å². The Hall–Kier alpha value is -2.63. The Morgan fingerprint density at radius 3 is 2.82 bits per heavy atom. The van der Waals surface area contributed by atoms with Gasteiger partial charge in [-0.25, -0.2) is 9.97 Å². The molecule has 28 heavy (non-hydrogen) atoms. The van der Waals surface area contributed by atoms with Crippen molar-refractivity contribution in [2.45, 2.75) is 31.9 Å². The van der Waals surface area contributed by atoms with Gasteiger partial charge in [-0.1, -0.05) is 36.4 Å². The van der Waals surface area contributed by atoms with E-state index in [0.29, 0.717) is 6.61 Å². The quantitative estimate of drug-likeness (QED) is 0.704. The number of benzene rings is 1. The highest BCUT2D eigenvalue weighted by Gasteiger charge is 2.45. The number of ether oxygens (including phenoxy) is 1. The maximum Gasteiger partial charge on any atom is 0.159 e. The minimum absolute atomic E-state index is 0.0486. The minimum atomic E-state index is -0.0486. The van der Waals surface area contributed by atoms with Crippen LogP contribution in [0.4, 0.5) is 0 Å². The summed E-state index contributed by atoms with van der Waals surface area (Å²) in [5.74, 6) is 0.823. The third kappa shape index (κ3) is 3.11. The summed E-state index contributed by atoms with van der Waals surface area (Å²) in [6.07, 6.45) is 4.84. The zero-order chi connectivity index (χ0) is 19.0. The van der Waals surface area contributed by atoms with Gasteiger partial charge in [-0.3, -0.25) is 9.88 Å². The number of hydrogen-bond donors (Lipinski definition) is 0. The molecule has 5 nitrogen and oxygen atoms in total. The first-order chi connectivity index (χ1) is 13.7. The highest BCUT2D eigenvalue weighted by atomic mass is 16.5. The summed E-state index contributed by atoms with van der Waals surface area (Å²) in [6, 6.07) is 14.4. The molecule has 1 atom stereocenters. The maximum atomic E-state index is 6.04. The predicted octanol–water partition coefficient (Wildman–Crippen LogP) is 3.52. The fraction of sp³-hybridized carbons (Fsp3) is 0.348. The fourth-order valence-electron chi connectivity index (χ4n) is 4.49. The summed E-state index contributed by atoms with van der Waals surface area (Å²) >= 11 is 0. The van der Waals surface area contributed by atoms with Crippen LogP contribution in [0.2, 0.25) is 0 Å². The SMILES string of the molecule is Cc1nc(-c2ccccc2)nc2c1COCC21CCN(Cc2cccnc2)C1. The van der Waals surface area contributed by atoms with Crippen molar-refractivity contribution >= 4 is 0 Å². The molecule has 0 aliphatic carbocycles. The first-order valence-electron chi connectivity index (χ1n) is 9.86. The molecule has 0 radical (unpaired) electrons. The van der Waals surface area contributed by atoms with E-state index in [0.717, 1.165) is 49.7 Å². The number of likely N-dealkylation sites (tertiary alicyclic amines) is 1. The van der Waals surface area contributed by atoms with Crippen LogP contribution < -0.4 is 0 Å². The van der Waals surface area contributed by atoms with Gasteiger partial charge in [0.05, 0.1) is 24.3 Å². The van der Waals surface area contributed by atoms with Gasteiger partial charge in [0.2, 0.25) is 0 Å². The first kappa shape index (κ1) is 17.5. The summed E-state index contributed by atoms with van der Waals surface area (Å²) in [4.78, 5) is 16.6. The molecule has 1 aromatic carbocycles. The lowest BCUT2D eigenvalue weighted by atomic mass is 9.80. The first-order valence-corrected chi connectivity index (χ1v) is 9.86. The Kier molecular flexibility index (Phi) is 4.41. The molecule has 1 unspecified atom stereocenters. The molecule has 2 aliphatic rings. The molecule has 5 heteroatoms. The molecule has 2 aliphatic heterocycles. The minimum Gasteiger partial charge on any atom is -0.376 e. The molecule has 1 spiro atoms. The largest absolute Gasteiger partial charge is 0.376 e. The normalized spacial score (nSPS) is 21.8. The molecule has 0 bridgehead atoms. The molecular formula is C23H24N4O. The van der Waals surface area contributed by atoms with E-state index in [1.165, 1.54) is 16.8 Å². The van der Waals surface area contributed by atoms with E-state index in [-0.39, 0.29) is 5.41 Å². The summed E-state index contributed by atoms with van der Waals surface area (Å²) in [6.45, 7) is 6.34. The Morgan fingerprint density at radius 1 is 1.11 bits per heavy atom. The van der Waals surface area contributed by atoms with Crippen molar-refractivity contribution in [2.24, 2.45) is 0 Å². The lowest BCUT2D eigenvalue weighted by Crippen LogP contribution is -2.41. The van der Waals surface area contributed by atoms with Crippen LogP contribution >= 0.6 is 0 Å². The summed E-state index contributed by atoms with van der Waals surface area (Å²) < 4.78 is 6.04. The van der Waals surface area contributed by atoms with Gasteiger partial charge in [0.15, 0.2) is 5.82 Å². The van der Waals surface area contributed by atoms with Crippen LogP contribution in [-0.2, 0) is 23.3 Å². The van der Waals surface area contributed by atoms with E-state index < -0.39 is 0 Å². The molecule has 1 fully saturated rings. The predicted molar refractivity (Wildman–Crippen MR) is 108 cm³/mol. The zero-order valence-electron chi connectivity index (χ0n) is 16.1.